The van der Waals surface area contributed by atoms with Gasteiger partial charge in [-0.1, -0.05) is 17.7 Å². The molecule has 1 saturated heterocycles. The predicted molar refractivity (Wildman–Crippen MR) is 133 cm³/mol. The SMILES string of the molecule is Cc1ccc(NC(=O)CSCC(=O)Nc2ccc(F)c(NC(=O)CCN3CCOCC3)c2)cc1. The molecule has 1 aliphatic rings. The second kappa shape index (κ2) is 13.1. The monoisotopic (exact) mass is 488 g/mol. The van der Waals surface area contributed by atoms with Crippen molar-refractivity contribution in [1.82, 2.24) is 4.90 Å². The van der Waals surface area contributed by atoms with Gasteiger partial charge in [0.15, 0.2) is 0 Å². The Morgan fingerprint density at radius 3 is 2.21 bits per heavy atom. The van der Waals surface area contributed by atoms with E-state index in [2.05, 4.69) is 20.9 Å². The van der Waals surface area contributed by atoms with Gasteiger partial charge in [0.2, 0.25) is 17.7 Å². The summed E-state index contributed by atoms with van der Waals surface area (Å²) in [4.78, 5) is 38.6. The lowest BCUT2D eigenvalue weighted by Crippen LogP contribution is -2.38. The minimum atomic E-state index is -0.583. The second-order valence-corrected chi connectivity index (χ2v) is 8.89. The lowest BCUT2D eigenvalue weighted by molar-refractivity contribution is -0.117. The zero-order valence-corrected chi connectivity index (χ0v) is 19.9. The van der Waals surface area contributed by atoms with Crippen LogP contribution < -0.4 is 16.0 Å². The van der Waals surface area contributed by atoms with Gasteiger partial charge in [0.05, 0.1) is 30.4 Å². The van der Waals surface area contributed by atoms with Gasteiger partial charge in [0, 0.05) is 37.4 Å². The van der Waals surface area contributed by atoms with Gasteiger partial charge < -0.3 is 20.7 Å². The van der Waals surface area contributed by atoms with Crippen LogP contribution in [-0.4, -0.2) is 67.0 Å². The number of hydrogen-bond acceptors (Lipinski definition) is 6. The Balaban J connectivity index is 1.40. The van der Waals surface area contributed by atoms with Gasteiger partial charge in [-0.05, 0) is 37.3 Å². The highest BCUT2D eigenvalue weighted by atomic mass is 32.2. The third kappa shape index (κ3) is 8.77. The molecular formula is C24H29FN4O4S. The van der Waals surface area contributed by atoms with Gasteiger partial charge in [-0.15, -0.1) is 11.8 Å². The molecule has 0 saturated carbocycles. The van der Waals surface area contributed by atoms with Crippen LogP contribution >= 0.6 is 11.8 Å². The van der Waals surface area contributed by atoms with Crippen molar-refractivity contribution in [2.45, 2.75) is 13.3 Å². The molecule has 0 atom stereocenters. The number of benzene rings is 2. The van der Waals surface area contributed by atoms with Crippen molar-refractivity contribution in [1.29, 1.82) is 0 Å². The first-order valence-electron chi connectivity index (χ1n) is 11.0. The lowest BCUT2D eigenvalue weighted by atomic mass is 10.2. The highest BCUT2D eigenvalue weighted by molar-refractivity contribution is 8.00. The van der Waals surface area contributed by atoms with Crippen LogP contribution in [0.4, 0.5) is 21.5 Å². The number of hydrogen-bond donors (Lipinski definition) is 3. The number of thioether (sulfide) groups is 1. The molecule has 3 rings (SSSR count). The van der Waals surface area contributed by atoms with E-state index in [1.807, 2.05) is 31.2 Å². The van der Waals surface area contributed by atoms with E-state index in [0.29, 0.717) is 31.1 Å². The average molecular weight is 489 g/mol. The molecule has 3 amide bonds. The van der Waals surface area contributed by atoms with Crippen LogP contribution in [0.5, 0.6) is 0 Å². The Labute approximate surface area is 202 Å². The van der Waals surface area contributed by atoms with E-state index in [1.54, 1.807) is 0 Å². The topological polar surface area (TPSA) is 99.8 Å². The molecule has 182 valence electrons. The lowest BCUT2D eigenvalue weighted by Gasteiger charge is -2.26. The van der Waals surface area contributed by atoms with Gasteiger partial charge >= 0.3 is 0 Å². The first kappa shape index (κ1) is 25.7. The largest absolute Gasteiger partial charge is 0.379 e. The maximum absolute atomic E-state index is 14.2. The van der Waals surface area contributed by atoms with Crippen LogP contribution in [0.3, 0.4) is 0 Å². The maximum atomic E-state index is 14.2. The van der Waals surface area contributed by atoms with E-state index in [9.17, 15) is 18.8 Å². The van der Waals surface area contributed by atoms with Crippen LogP contribution in [0.1, 0.15) is 12.0 Å². The van der Waals surface area contributed by atoms with Gasteiger partial charge in [-0.2, -0.15) is 0 Å². The summed E-state index contributed by atoms with van der Waals surface area (Å²) in [6.07, 6.45) is 0.233. The number of aryl methyl sites for hydroxylation is 1. The Morgan fingerprint density at radius 2 is 1.53 bits per heavy atom. The van der Waals surface area contributed by atoms with Gasteiger partial charge in [-0.25, -0.2) is 4.39 Å². The molecule has 2 aromatic rings. The van der Waals surface area contributed by atoms with Crippen LogP contribution in [0.2, 0.25) is 0 Å². The molecule has 1 aliphatic heterocycles. The Bertz CT molecular complexity index is 997. The average Bonchev–Trinajstić information content (AvgIpc) is 2.82. The summed E-state index contributed by atoms with van der Waals surface area (Å²) in [6.45, 7) is 5.37. The zero-order chi connectivity index (χ0) is 24.3. The predicted octanol–water partition coefficient (Wildman–Crippen LogP) is 3.11. The number of morpholine rings is 1. The van der Waals surface area contributed by atoms with Crippen molar-refractivity contribution >= 4 is 46.5 Å². The molecule has 8 nitrogen and oxygen atoms in total. The summed E-state index contributed by atoms with van der Waals surface area (Å²) < 4.78 is 19.4. The minimum Gasteiger partial charge on any atom is -0.379 e. The summed E-state index contributed by atoms with van der Waals surface area (Å²) in [7, 11) is 0. The molecule has 0 aromatic heterocycles. The standard InChI is InChI=1S/C24H29FN4O4S/c1-17-2-4-18(5-3-17)26-23(31)15-34-16-24(32)27-19-6-7-20(25)21(14-19)28-22(30)8-9-29-10-12-33-13-11-29/h2-7,14H,8-13,15-16H2,1H3,(H,26,31)(H,27,32)(H,28,30). The van der Waals surface area contributed by atoms with E-state index >= 15 is 0 Å². The summed E-state index contributed by atoms with van der Waals surface area (Å²) in [5.41, 5.74) is 2.17. The molecule has 0 aliphatic carbocycles. The fourth-order valence-electron chi connectivity index (χ4n) is 3.26. The van der Waals surface area contributed by atoms with Gasteiger partial charge in [0.25, 0.3) is 0 Å². The van der Waals surface area contributed by atoms with Crippen molar-refractivity contribution < 1.29 is 23.5 Å². The van der Waals surface area contributed by atoms with Crippen LogP contribution in [0.15, 0.2) is 42.5 Å². The van der Waals surface area contributed by atoms with Crippen LogP contribution in [0.25, 0.3) is 0 Å². The molecule has 0 bridgehead atoms. The van der Waals surface area contributed by atoms with Crippen molar-refractivity contribution in [2.24, 2.45) is 0 Å². The summed E-state index contributed by atoms with van der Waals surface area (Å²) in [6, 6.07) is 11.4. The van der Waals surface area contributed by atoms with Crippen molar-refractivity contribution in [3.05, 3.63) is 53.8 Å². The van der Waals surface area contributed by atoms with Crippen molar-refractivity contribution in [2.75, 3.05) is 60.3 Å². The van der Waals surface area contributed by atoms with Gasteiger partial charge in [0.1, 0.15) is 5.82 Å². The maximum Gasteiger partial charge on any atom is 0.234 e. The molecular weight excluding hydrogens is 459 g/mol. The van der Waals surface area contributed by atoms with Gasteiger partial charge in [-0.3, -0.25) is 19.3 Å². The summed E-state index contributed by atoms with van der Waals surface area (Å²) in [5, 5.41) is 8.00. The van der Waals surface area contributed by atoms with E-state index in [0.717, 1.165) is 18.7 Å². The van der Waals surface area contributed by atoms with E-state index < -0.39 is 5.82 Å². The molecule has 1 fully saturated rings. The summed E-state index contributed by atoms with van der Waals surface area (Å²) in [5.74, 6) is -1.24. The minimum absolute atomic E-state index is 0.00917. The Hall–Kier alpha value is -2.95. The second-order valence-electron chi connectivity index (χ2n) is 7.90. The van der Waals surface area contributed by atoms with Crippen molar-refractivity contribution in [3.63, 3.8) is 0 Å². The number of carbonyl (C=O) groups excluding carboxylic acids is 3. The van der Waals surface area contributed by atoms with E-state index in [4.69, 9.17) is 4.74 Å². The fraction of sp³-hybridized carbons (Fsp3) is 0.375. The molecule has 10 heteroatoms. The Kier molecular flexibility index (Phi) is 9.87. The molecule has 0 unspecified atom stereocenters. The molecule has 3 N–H and O–H groups in total. The number of carbonyl (C=O) groups is 3. The molecule has 0 spiro atoms. The highest BCUT2D eigenvalue weighted by Crippen LogP contribution is 2.20. The smallest absolute Gasteiger partial charge is 0.234 e. The molecule has 1 heterocycles. The quantitative estimate of drug-likeness (QED) is 0.475. The molecule has 34 heavy (non-hydrogen) atoms. The highest BCUT2D eigenvalue weighted by Gasteiger charge is 2.14. The number of amides is 3. The number of halogens is 1. The van der Waals surface area contributed by atoms with Crippen LogP contribution in [-0.2, 0) is 19.1 Å². The number of ether oxygens (including phenoxy) is 1. The zero-order valence-electron chi connectivity index (χ0n) is 19.1. The fourth-order valence-corrected chi connectivity index (χ4v) is 3.88. The van der Waals surface area contributed by atoms with E-state index in [-0.39, 0.29) is 41.3 Å². The number of nitrogens with one attached hydrogen (secondary N) is 3. The molecule has 0 radical (unpaired) electrons. The third-order valence-electron chi connectivity index (χ3n) is 5.08. The first-order chi connectivity index (χ1) is 16.4. The normalized spacial score (nSPS) is 13.8. The number of rotatable bonds is 10. The summed E-state index contributed by atoms with van der Waals surface area (Å²) >= 11 is 1.17. The number of anilines is 3. The third-order valence-corrected chi connectivity index (χ3v) is 6.02. The van der Waals surface area contributed by atoms with Crippen LogP contribution in [0, 0.1) is 12.7 Å². The van der Waals surface area contributed by atoms with E-state index in [1.165, 1.54) is 30.0 Å². The number of nitrogens with zero attached hydrogens (tertiary/aromatic N) is 1. The Morgan fingerprint density at radius 1 is 0.912 bits per heavy atom. The van der Waals surface area contributed by atoms with Crippen molar-refractivity contribution in [3.8, 4) is 0 Å². The first-order valence-corrected chi connectivity index (χ1v) is 12.2. The molecule has 2 aromatic carbocycles.